The zero-order valence-corrected chi connectivity index (χ0v) is 11.7. The van der Waals surface area contributed by atoms with Crippen molar-refractivity contribution in [3.8, 4) is 5.75 Å². The third-order valence-corrected chi connectivity index (χ3v) is 2.67. The van der Waals surface area contributed by atoms with Gasteiger partial charge in [0.15, 0.2) is 0 Å². The highest BCUT2D eigenvalue weighted by Gasteiger charge is 2.09. The van der Waals surface area contributed by atoms with Crippen LogP contribution in [-0.4, -0.2) is 18.6 Å². The maximum absolute atomic E-state index is 11.9. The first kappa shape index (κ1) is 14.6. The molecule has 0 saturated heterocycles. The van der Waals surface area contributed by atoms with E-state index in [-0.39, 0.29) is 11.9 Å². The van der Waals surface area contributed by atoms with Crippen LogP contribution in [0.5, 0.6) is 5.75 Å². The van der Waals surface area contributed by atoms with E-state index in [0.29, 0.717) is 18.1 Å². The lowest BCUT2D eigenvalue weighted by atomic mass is 10.1. The molecule has 1 aromatic rings. The van der Waals surface area contributed by atoms with Gasteiger partial charge in [0.1, 0.15) is 5.75 Å². The minimum absolute atomic E-state index is 0.0423. The molecule has 1 amide bonds. The maximum atomic E-state index is 11.9. The van der Waals surface area contributed by atoms with Gasteiger partial charge >= 0.3 is 0 Å². The Labute approximate surface area is 110 Å². The molecule has 3 nitrogen and oxygen atoms in total. The SMILES string of the molecule is CCC(C)NC(=O)c1cccc(OCC(C)C)c1. The summed E-state index contributed by atoms with van der Waals surface area (Å²) < 4.78 is 5.61. The van der Waals surface area contributed by atoms with Crippen LogP contribution in [-0.2, 0) is 0 Å². The summed E-state index contributed by atoms with van der Waals surface area (Å²) in [6, 6.07) is 7.52. The molecule has 18 heavy (non-hydrogen) atoms. The quantitative estimate of drug-likeness (QED) is 0.840. The molecule has 0 fully saturated rings. The average Bonchev–Trinajstić information content (AvgIpc) is 2.36. The fraction of sp³-hybridized carbons (Fsp3) is 0.533. The first-order chi connectivity index (χ1) is 8.52. The molecule has 0 bridgehead atoms. The van der Waals surface area contributed by atoms with E-state index in [4.69, 9.17) is 4.74 Å². The molecule has 1 atom stereocenters. The van der Waals surface area contributed by atoms with Crippen LogP contribution in [0.4, 0.5) is 0 Å². The molecule has 1 rings (SSSR count). The molecule has 0 aliphatic rings. The van der Waals surface area contributed by atoms with Gasteiger partial charge in [-0.05, 0) is 37.5 Å². The van der Waals surface area contributed by atoms with Crippen molar-refractivity contribution in [2.24, 2.45) is 5.92 Å². The van der Waals surface area contributed by atoms with Crippen molar-refractivity contribution >= 4 is 5.91 Å². The van der Waals surface area contributed by atoms with Crippen LogP contribution in [0, 0.1) is 5.92 Å². The lowest BCUT2D eigenvalue weighted by Crippen LogP contribution is -2.31. The Balaban J connectivity index is 2.66. The van der Waals surface area contributed by atoms with Crippen LogP contribution in [0.1, 0.15) is 44.5 Å². The predicted octanol–water partition coefficient (Wildman–Crippen LogP) is 3.25. The van der Waals surface area contributed by atoms with Crippen LogP contribution in [0.2, 0.25) is 0 Å². The maximum Gasteiger partial charge on any atom is 0.251 e. The van der Waals surface area contributed by atoms with Crippen molar-refractivity contribution in [1.29, 1.82) is 0 Å². The van der Waals surface area contributed by atoms with Gasteiger partial charge in [0, 0.05) is 11.6 Å². The fourth-order valence-corrected chi connectivity index (χ4v) is 1.40. The lowest BCUT2D eigenvalue weighted by molar-refractivity contribution is 0.0939. The van der Waals surface area contributed by atoms with E-state index in [9.17, 15) is 4.79 Å². The summed E-state index contributed by atoms with van der Waals surface area (Å²) in [4.78, 5) is 11.9. The van der Waals surface area contributed by atoms with Crippen molar-refractivity contribution in [2.45, 2.75) is 40.2 Å². The molecular weight excluding hydrogens is 226 g/mol. The number of nitrogens with one attached hydrogen (secondary N) is 1. The highest BCUT2D eigenvalue weighted by Crippen LogP contribution is 2.14. The van der Waals surface area contributed by atoms with Gasteiger partial charge in [0.2, 0.25) is 0 Å². The molecule has 1 N–H and O–H groups in total. The van der Waals surface area contributed by atoms with Gasteiger partial charge in [-0.2, -0.15) is 0 Å². The largest absolute Gasteiger partial charge is 0.493 e. The first-order valence-electron chi connectivity index (χ1n) is 6.56. The second-order valence-corrected chi connectivity index (χ2v) is 5.02. The van der Waals surface area contributed by atoms with Crippen molar-refractivity contribution in [2.75, 3.05) is 6.61 Å². The molecule has 3 heteroatoms. The van der Waals surface area contributed by atoms with Gasteiger partial charge in [0.05, 0.1) is 6.61 Å². The Kier molecular flexibility index (Phi) is 5.69. The highest BCUT2D eigenvalue weighted by atomic mass is 16.5. The number of hydrogen-bond acceptors (Lipinski definition) is 2. The number of ether oxygens (including phenoxy) is 1. The van der Waals surface area contributed by atoms with Gasteiger partial charge in [-0.1, -0.05) is 26.8 Å². The summed E-state index contributed by atoms with van der Waals surface area (Å²) >= 11 is 0. The number of carbonyl (C=O) groups is 1. The minimum atomic E-state index is -0.0423. The number of rotatable bonds is 6. The monoisotopic (exact) mass is 249 g/mol. The predicted molar refractivity (Wildman–Crippen MR) is 74.0 cm³/mol. The Morgan fingerprint density at radius 2 is 2.06 bits per heavy atom. The van der Waals surface area contributed by atoms with E-state index >= 15 is 0 Å². The van der Waals surface area contributed by atoms with Gasteiger partial charge in [0.25, 0.3) is 5.91 Å². The molecular formula is C15H23NO2. The van der Waals surface area contributed by atoms with Crippen molar-refractivity contribution < 1.29 is 9.53 Å². The Hall–Kier alpha value is -1.51. The minimum Gasteiger partial charge on any atom is -0.493 e. The summed E-state index contributed by atoms with van der Waals surface area (Å²) in [5.41, 5.74) is 0.650. The fourth-order valence-electron chi connectivity index (χ4n) is 1.40. The van der Waals surface area contributed by atoms with E-state index in [1.54, 1.807) is 12.1 Å². The average molecular weight is 249 g/mol. The number of amides is 1. The Morgan fingerprint density at radius 3 is 2.67 bits per heavy atom. The Morgan fingerprint density at radius 1 is 1.33 bits per heavy atom. The van der Waals surface area contributed by atoms with Crippen LogP contribution in [0.3, 0.4) is 0 Å². The van der Waals surface area contributed by atoms with Crippen LogP contribution < -0.4 is 10.1 Å². The van der Waals surface area contributed by atoms with Crippen molar-refractivity contribution in [3.05, 3.63) is 29.8 Å². The molecule has 0 heterocycles. The highest BCUT2D eigenvalue weighted by molar-refractivity contribution is 5.94. The third-order valence-electron chi connectivity index (χ3n) is 2.67. The van der Waals surface area contributed by atoms with Crippen molar-refractivity contribution in [1.82, 2.24) is 5.32 Å². The van der Waals surface area contributed by atoms with Crippen LogP contribution in [0.25, 0.3) is 0 Å². The first-order valence-corrected chi connectivity index (χ1v) is 6.56. The van der Waals surface area contributed by atoms with Gasteiger partial charge in [-0.15, -0.1) is 0 Å². The van der Waals surface area contributed by atoms with Crippen molar-refractivity contribution in [3.63, 3.8) is 0 Å². The molecule has 0 aromatic heterocycles. The standard InChI is InChI=1S/C15H23NO2/c1-5-12(4)16-15(17)13-7-6-8-14(9-13)18-10-11(2)3/h6-9,11-12H,5,10H2,1-4H3,(H,16,17). The zero-order chi connectivity index (χ0) is 13.5. The third kappa shape index (κ3) is 4.78. The summed E-state index contributed by atoms with van der Waals surface area (Å²) in [5.74, 6) is 1.18. The lowest BCUT2D eigenvalue weighted by Gasteiger charge is -2.13. The van der Waals surface area contributed by atoms with Crippen LogP contribution in [0.15, 0.2) is 24.3 Å². The second kappa shape index (κ2) is 7.04. The molecule has 0 aliphatic carbocycles. The topological polar surface area (TPSA) is 38.3 Å². The van der Waals surface area contributed by atoms with E-state index in [2.05, 4.69) is 19.2 Å². The molecule has 1 unspecified atom stereocenters. The number of benzene rings is 1. The summed E-state index contributed by atoms with van der Waals surface area (Å²) in [6.07, 6.45) is 0.926. The summed E-state index contributed by atoms with van der Waals surface area (Å²) in [7, 11) is 0. The van der Waals surface area contributed by atoms with E-state index in [1.807, 2.05) is 26.0 Å². The van der Waals surface area contributed by atoms with E-state index < -0.39 is 0 Å². The van der Waals surface area contributed by atoms with Crippen LogP contribution >= 0.6 is 0 Å². The second-order valence-electron chi connectivity index (χ2n) is 5.02. The number of carbonyl (C=O) groups excluding carboxylic acids is 1. The van der Waals surface area contributed by atoms with Gasteiger partial charge in [-0.25, -0.2) is 0 Å². The van der Waals surface area contributed by atoms with E-state index in [0.717, 1.165) is 12.2 Å². The molecule has 100 valence electrons. The smallest absolute Gasteiger partial charge is 0.251 e. The molecule has 0 radical (unpaired) electrons. The summed E-state index contributed by atoms with van der Waals surface area (Å²) in [5, 5.41) is 2.94. The molecule has 1 aromatic carbocycles. The zero-order valence-electron chi connectivity index (χ0n) is 11.7. The molecule has 0 saturated carbocycles. The van der Waals surface area contributed by atoms with Gasteiger partial charge < -0.3 is 10.1 Å². The Bertz CT molecular complexity index is 388. The van der Waals surface area contributed by atoms with E-state index in [1.165, 1.54) is 0 Å². The number of hydrogen-bond donors (Lipinski definition) is 1. The summed E-state index contributed by atoms with van der Waals surface area (Å²) in [6.45, 7) is 8.90. The molecule has 0 spiro atoms. The molecule has 0 aliphatic heterocycles. The van der Waals surface area contributed by atoms with Gasteiger partial charge in [-0.3, -0.25) is 4.79 Å². The normalized spacial score (nSPS) is 12.3.